The van der Waals surface area contributed by atoms with Gasteiger partial charge in [0.15, 0.2) is 0 Å². The molecule has 1 amide bonds. The van der Waals surface area contributed by atoms with Crippen molar-refractivity contribution in [2.24, 2.45) is 0 Å². The van der Waals surface area contributed by atoms with Gasteiger partial charge in [-0.2, -0.15) is 0 Å². The molecule has 4 N–H and O–H groups in total. The minimum atomic E-state index is -0.238. The van der Waals surface area contributed by atoms with E-state index >= 15 is 0 Å². The number of nitrogens with zero attached hydrogens (tertiary/aromatic N) is 1. The molecule has 0 spiro atoms. The van der Waals surface area contributed by atoms with E-state index in [1.807, 2.05) is 0 Å². The summed E-state index contributed by atoms with van der Waals surface area (Å²) in [5.41, 5.74) is 2.03. The Morgan fingerprint density at radius 3 is 3.12 bits per heavy atom. The van der Waals surface area contributed by atoms with Crippen LogP contribution in [-0.4, -0.2) is 39.2 Å². The predicted molar refractivity (Wildman–Crippen MR) is 60.1 cm³/mol. The summed E-state index contributed by atoms with van der Waals surface area (Å²) < 4.78 is 0. The average Bonchev–Trinajstić information content (AvgIpc) is 2.73. The van der Waals surface area contributed by atoms with Crippen molar-refractivity contribution in [3.05, 3.63) is 17.7 Å². The lowest BCUT2D eigenvalue weighted by atomic mass is 9.89. The average molecular weight is 236 g/mol. The van der Waals surface area contributed by atoms with Crippen molar-refractivity contribution >= 4 is 5.91 Å². The Labute approximate surface area is 98.8 Å². The lowest BCUT2D eigenvalue weighted by Gasteiger charge is -2.33. The molecule has 1 atom stereocenters. The lowest BCUT2D eigenvalue weighted by Crippen LogP contribution is -2.54. The Bertz CT molecular complexity index is 425. The Hall–Kier alpha value is -1.40. The van der Waals surface area contributed by atoms with E-state index in [1.165, 1.54) is 0 Å². The first-order chi connectivity index (χ1) is 8.22. The Kier molecular flexibility index (Phi) is 2.60. The SMILES string of the molecule is O=C(NC1CC(O)C1)C1Cc2nc[nH]c2CN1. The van der Waals surface area contributed by atoms with Crippen LogP contribution >= 0.6 is 0 Å². The number of aromatic nitrogens is 2. The number of aromatic amines is 1. The molecule has 3 rings (SSSR count). The van der Waals surface area contributed by atoms with Gasteiger partial charge >= 0.3 is 0 Å². The number of hydrogen-bond donors (Lipinski definition) is 4. The number of carbonyl (C=O) groups excluding carboxylic acids is 1. The second-order valence-corrected chi connectivity index (χ2v) is 4.80. The highest BCUT2D eigenvalue weighted by atomic mass is 16.3. The quantitative estimate of drug-likeness (QED) is 0.533. The van der Waals surface area contributed by atoms with Crippen LogP contribution in [-0.2, 0) is 17.8 Å². The smallest absolute Gasteiger partial charge is 0.237 e. The van der Waals surface area contributed by atoms with Crippen molar-refractivity contribution in [3.8, 4) is 0 Å². The van der Waals surface area contributed by atoms with E-state index in [4.69, 9.17) is 5.11 Å². The van der Waals surface area contributed by atoms with E-state index < -0.39 is 0 Å². The summed E-state index contributed by atoms with van der Waals surface area (Å²) in [5.74, 6) is 0.00977. The van der Waals surface area contributed by atoms with E-state index in [9.17, 15) is 4.79 Å². The highest BCUT2D eigenvalue weighted by Gasteiger charge is 2.32. The molecule has 17 heavy (non-hydrogen) atoms. The topological polar surface area (TPSA) is 90.0 Å². The van der Waals surface area contributed by atoms with Gasteiger partial charge in [-0.1, -0.05) is 0 Å². The fourth-order valence-electron chi connectivity index (χ4n) is 2.36. The number of aliphatic hydroxyl groups is 1. The van der Waals surface area contributed by atoms with Crippen molar-refractivity contribution in [3.63, 3.8) is 0 Å². The molecule has 92 valence electrons. The molecule has 1 unspecified atom stereocenters. The van der Waals surface area contributed by atoms with E-state index in [0.29, 0.717) is 25.8 Å². The maximum Gasteiger partial charge on any atom is 0.237 e. The van der Waals surface area contributed by atoms with Crippen molar-refractivity contribution in [2.45, 2.75) is 44.0 Å². The van der Waals surface area contributed by atoms with Crippen LogP contribution in [0.25, 0.3) is 0 Å². The molecule has 1 aromatic heterocycles. The normalized spacial score (nSPS) is 31.5. The summed E-state index contributed by atoms with van der Waals surface area (Å²) in [6.45, 7) is 0.653. The third-order valence-corrected chi connectivity index (χ3v) is 3.51. The van der Waals surface area contributed by atoms with Crippen LogP contribution in [0.1, 0.15) is 24.2 Å². The van der Waals surface area contributed by atoms with Crippen LogP contribution in [0.4, 0.5) is 0 Å². The van der Waals surface area contributed by atoms with Gasteiger partial charge in [-0.15, -0.1) is 0 Å². The van der Waals surface area contributed by atoms with E-state index in [-0.39, 0.29) is 24.1 Å². The number of fused-ring (bicyclic) bond motifs is 1. The second kappa shape index (κ2) is 4.12. The molecule has 6 heteroatoms. The lowest BCUT2D eigenvalue weighted by molar-refractivity contribution is -0.125. The van der Waals surface area contributed by atoms with Crippen molar-refractivity contribution in [1.29, 1.82) is 0 Å². The standard InChI is InChI=1S/C11H16N4O2/c16-7-1-6(2-7)15-11(17)9-3-8-10(4-12-9)14-5-13-8/h5-7,9,12,16H,1-4H2,(H,13,14)(H,15,17). The summed E-state index contributed by atoms with van der Waals surface area (Å²) in [4.78, 5) is 19.2. The third-order valence-electron chi connectivity index (χ3n) is 3.51. The number of nitrogens with one attached hydrogen (secondary N) is 3. The van der Waals surface area contributed by atoms with Crippen molar-refractivity contribution < 1.29 is 9.90 Å². The highest BCUT2D eigenvalue weighted by Crippen LogP contribution is 2.20. The number of H-pyrrole nitrogens is 1. The fourth-order valence-corrected chi connectivity index (χ4v) is 2.36. The second-order valence-electron chi connectivity index (χ2n) is 4.80. The zero-order valence-corrected chi connectivity index (χ0v) is 9.44. The molecule has 0 aromatic carbocycles. The summed E-state index contributed by atoms with van der Waals surface area (Å²) in [7, 11) is 0. The maximum atomic E-state index is 11.9. The summed E-state index contributed by atoms with van der Waals surface area (Å²) >= 11 is 0. The van der Waals surface area contributed by atoms with Crippen LogP contribution in [0.15, 0.2) is 6.33 Å². The third kappa shape index (κ3) is 2.05. The van der Waals surface area contributed by atoms with Gasteiger partial charge in [-0.05, 0) is 12.8 Å². The van der Waals surface area contributed by atoms with Crippen LogP contribution in [0.2, 0.25) is 0 Å². The van der Waals surface area contributed by atoms with Gasteiger partial charge in [0, 0.05) is 19.0 Å². The van der Waals surface area contributed by atoms with Gasteiger partial charge in [0.2, 0.25) is 5.91 Å². The Morgan fingerprint density at radius 2 is 2.35 bits per heavy atom. The molecule has 1 saturated carbocycles. The molecule has 1 fully saturated rings. The number of rotatable bonds is 2. The first kappa shape index (κ1) is 10.7. The monoisotopic (exact) mass is 236 g/mol. The number of imidazole rings is 1. The van der Waals surface area contributed by atoms with Gasteiger partial charge in [-0.25, -0.2) is 4.98 Å². The molecule has 1 aliphatic carbocycles. The zero-order valence-electron chi connectivity index (χ0n) is 9.44. The van der Waals surface area contributed by atoms with Crippen LogP contribution < -0.4 is 10.6 Å². The van der Waals surface area contributed by atoms with Gasteiger partial charge in [0.25, 0.3) is 0 Å². The molecule has 0 bridgehead atoms. The van der Waals surface area contributed by atoms with Crippen LogP contribution in [0, 0.1) is 0 Å². The molecule has 0 saturated heterocycles. The molecule has 2 aliphatic rings. The molecule has 1 aliphatic heterocycles. The van der Waals surface area contributed by atoms with Gasteiger partial charge in [-0.3, -0.25) is 10.1 Å². The van der Waals surface area contributed by atoms with Gasteiger partial charge < -0.3 is 15.4 Å². The van der Waals surface area contributed by atoms with Crippen LogP contribution in [0.5, 0.6) is 0 Å². The number of hydrogen-bond acceptors (Lipinski definition) is 4. The molecule has 0 radical (unpaired) electrons. The summed E-state index contributed by atoms with van der Waals surface area (Å²) in [6, 6.07) is -0.0663. The summed E-state index contributed by atoms with van der Waals surface area (Å²) in [5, 5.41) is 15.3. The van der Waals surface area contributed by atoms with Gasteiger partial charge in [0.05, 0.1) is 29.9 Å². The molecule has 2 heterocycles. The number of aliphatic hydroxyl groups excluding tert-OH is 1. The van der Waals surface area contributed by atoms with Crippen LogP contribution in [0.3, 0.4) is 0 Å². The first-order valence-electron chi connectivity index (χ1n) is 5.95. The maximum absolute atomic E-state index is 11.9. The largest absolute Gasteiger partial charge is 0.393 e. The summed E-state index contributed by atoms with van der Waals surface area (Å²) in [6.07, 6.45) is 3.39. The number of carbonyl (C=O) groups is 1. The molecule has 6 nitrogen and oxygen atoms in total. The highest BCUT2D eigenvalue weighted by molar-refractivity contribution is 5.82. The van der Waals surface area contributed by atoms with E-state index in [2.05, 4.69) is 20.6 Å². The Morgan fingerprint density at radius 1 is 1.53 bits per heavy atom. The zero-order chi connectivity index (χ0) is 11.8. The van der Waals surface area contributed by atoms with E-state index in [0.717, 1.165) is 11.4 Å². The minimum Gasteiger partial charge on any atom is -0.393 e. The van der Waals surface area contributed by atoms with Crippen molar-refractivity contribution in [1.82, 2.24) is 20.6 Å². The fraction of sp³-hybridized carbons (Fsp3) is 0.636. The first-order valence-corrected chi connectivity index (χ1v) is 5.95. The molecule has 1 aromatic rings. The predicted octanol–water partition coefficient (Wildman–Crippen LogP) is -0.937. The molecular formula is C11H16N4O2. The van der Waals surface area contributed by atoms with E-state index in [1.54, 1.807) is 6.33 Å². The van der Waals surface area contributed by atoms with Crippen molar-refractivity contribution in [2.75, 3.05) is 0 Å². The molecular weight excluding hydrogens is 220 g/mol. The Balaban J connectivity index is 1.57. The minimum absolute atomic E-state index is 0.00977. The number of amides is 1. The van der Waals surface area contributed by atoms with Gasteiger partial charge in [0.1, 0.15) is 0 Å².